The molecule has 1 nitrogen and oxygen atoms in total. The molecule has 0 saturated heterocycles. The minimum absolute atomic E-state index is 0.494. The van der Waals surface area contributed by atoms with Crippen molar-refractivity contribution in [1.82, 2.24) is 0 Å². The fraction of sp³-hybridized carbons (Fsp3) is 0.0169. The van der Waals surface area contributed by atoms with Crippen LogP contribution in [0, 0.1) is 0 Å². The highest BCUT2D eigenvalue weighted by atomic mass is 15.1. The van der Waals surface area contributed by atoms with Gasteiger partial charge in [0.2, 0.25) is 0 Å². The van der Waals surface area contributed by atoms with Crippen LogP contribution in [-0.4, -0.2) is 0 Å². The quantitative estimate of drug-likeness (QED) is 0.149. The van der Waals surface area contributed by atoms with E-state index < -0.39 is 5.41 Å². The van der Waals surface area contributed by atoms with Crippen LogP contribution in [0.3, 0.4) is 0 Å². The summed E-state index contributed by atoms with van der Waals surface area (Å²) < 4.78 is 0. The largest absolute Gasteiger partial charge is 0.310 e. The third-order valence-corrected chi connectivity index (χ3v) is 12.4. The van der Waals surface area contributed by atoms with Gasteiger partial charge >= 0.3 is 0 Å². The molecule has 1 aliphatic carbocycles. The zero-order valence-corrected chi connectivity index (χ0v) is 33.1. The lowest BCUT2D eigenvalue weighted by Gasteiger charge is -2.35. The number of nitrogens with zero attached hydrogens (tertiary/aromatic N) is 1. The number of benzene rings is 10. The van der Waals surface area contributed by atoms with Gasteiger partial charge in [-0.3, -0.25) is 0 Å². The molecule has 0 aromatic heterocycles. The Kier molecular flexibility index (Phi) is 8.79. The fourth-order valence-electron chi connectivity index (χ4n) is 9.60. The van der Waals surface area contributed by atoms with Gasteiger partial charge in [-0.1, -0.05) is 206 Å². The van der Waals surface area contributed by atoms with Crippen LogP contribution in [0.4, 0.5) is 17.1 Å². The van der Waals surface area contributed by atoms with Gasteiger partial charge in [-0.2, -0.15) is 0 Å². The smallest absolute Gasteiger partial charge is 0.0714 e. The normalized spacial score (nSPS) is 12.5. The molecule has 0 aliphatic heterocycles. The molecule has 0 spiro atoms. The van der Waals surface area contributed by atoms with Crippen molar-refractivity contribution in [3.8, 4) is 44.5 Å². The Balaban J connectivity index is 1.06. The van der Waals surface area contributed by atoms with Gasteiger partial charge in [0.25, 0.3) is 0 Å². The second kappa shape index (κ2) is 14.9. The summed E-state index contributed by atoms with van der Waals surface area (Å²) in [5.41, 5.74) is 17.7. The lowest BCUT2D eigenvalue weighted by molar-refractivity contribution is 0.768. The van der Waals surface area contributed by atoms with Gasteiger partial charge in [0, 0.05) is 17.1 Å². The first-order valence-corrected chi connectivity index (χ1v) is 20.8. The van der Waals surface area contributed by atoms with Crippen LogP contribution in [-0.2, 0) is 5.41 Å². The number of hydrogen-bond acceptors (Lipinski definition) is 1. The standard InChI is InChI=1S/C59H41N/c1-4-16-42(17-5-1)43-30-34-50(35-31-43)60(51-36-32-44(33-37-51)46-20-14-21-47(40-46)54-28-15-19-45-18-10-11-26-53(45)54)52-38-39-56-55-27-12-13-29-57(55)59(58(56)41-52,48-22-6-2-7-23-48)49-24-8-3-9-25-49/h1-41H. The van der Waals surface area contributed by atoms with Crippen LogP contribution < -0.4 is 4.90 Å². The molecule has 1 aliphatic rings. The maximum atomic E-state index is 2.45. The van der Waals surface area contributed by atoms with E-state index in [2.05, 4.69) is 254 Å². The molecule has 10 aromatic carbocycles. The predicted molar refractivity (Wildman–Crippen MR) is 252 cm³/mol. The maximum Gasteiger partial charge on any atom is 0.0714 e. The van der Waals surface area contributed by atoms with Crippen LogP contribution in [0.2, 0.25) is 0 Å². The third-order valence-electron chi connectivity index (χ3n) is 12.4. The first-order chi connectivity index (χ1) is 29.8. The molecule has 1 heteroatoms. The minimum Gasteiger partial charge on any atom is -0.310 e. The summed E-state index contributed by atoms with van der Waals surface area (Å²) in [6, 6.07) is 91.0. The molecule has 0 atom stereocenters. The van der Waals surface area contributed by atoms with Gasteiger partial charge in [-0.15, -0.1) is 0 Å². The van der Waals surface area contributed by atoms with E-state index in [9.17, 15) is 0 Å². The molecule has 11 rings (SSSR count). The van der Waals surface area contributed by atoms with Crippen molar-refractivity contribution >= 4 is 27.8 Å². The van der Waals surface area contributed by atoms with E-state index in [1.165, 1.54) is 77.5 Å². The van der Waals surface area contributed by atoms with Gasteiger partial charge in [0.15, 0.2) is 0 Å². The van der Waals surface area contributed by atoms with Gasteiger partial charge < -0.3 is 4.90 Å². The van der Waals surface area contributed by atoms with Gasteiger partial charge in [-0.25, -0.2) is 0 Å². The van der Waals surface area contributed by atoms with E-state index in [1.54, 1.807) is 0 Å². The summed E-state index contributed by atoms with van der Waals surface area (Å²) in [5, 5.41) is 2.52. The molecule has 0 N–H and O–H groups in total. The van der Waals surface area contributed by atoms with E-state index in [4.69, 9.17) is 0 Å². The van der Waals surface area contributed by atoms with Crippen molar-refractivity contribution in [3.63, 3.8) is 0 Å². The summed E-state index contributed by atoms with van der Waals surface area (Å²) in [6.07, 6.45) is 0. The summed E-state index contributed by atoms with van der Waals surface area (Å²) in [7, 11) is 0. The van der Waals surface area contributed by atoms with Gasteiger partial charge in [0.1, 0.15) is 0 Å². The molecule has 0 saturated carbocycles. The minimum atomic E-state index is -0.494. The van der Waals surface area contributed by atoms with Crippen LogP contribution in [0.5, 0.6) is 0 Å². The van der Waals surface area contributed by atoms with E-state index in [0.29, 0.717) is 0 Å². The topological polar surface area (TPSA) is 3.24 Å². The first kappa shape index (κ1) is 35.4. The molecular formula is C59H41N. The average molecular weight is 764 g/mol. The summed E-state index contributed by atoms with van der Waals surface area (Å²) in [5.74, 6) is 0. The second-order valence-corrected chi connectivity index (χ2v) is 15.7. The number of anilines is 3. The van der Waals surface area contributed by atoms with Crippen molar-refractivity contribution < 1.29 is 0 Å². The van der Waals surface area contributed by atoms with Crippen LogP contribution in [0.15, 0.2) is 249 Å². The Bertz CT molecular complexity index is 3070. The first-order valence-electron chi connectivity index (χ1n) is 20.8. The van der Waals surface area contributed by atoms with Gasteiger partial charge in [-0.05, 0) is 120 Å². The molecule has 282 valence electrons. The third kappa shape index (κ3) is 5.94. The second-order valence-electron chi connectivity index (χ2n) is 15.7. The Morgan fingerprint density at radius 1 is 0.267 bits per heavy atom. The maximum absolute atomic E-state index is 2.45. The molecule has 60 heavy (non-hydrogen) atoms. The molecule has 0 bridgehead atoms. The molecule has 0 radical (unpaired) electrons. The zero-order valence-electron chi connectivity index (χ0n) is 33.1. The predicted octanol–water partition coefficient (Wildman–Crippen LogP) is 15.7. The van der Waals surface area contributed by atoms with Crippen molar-refractivity contribution in [2.75, 3.05) is 4.90 Å². The van der Waals surface area contributed by atoms with Crippen molar-refractivity contribution in [1.29, 1.82) is 0 Å². The molecule has 0 amide bonds. The van der Waals surface area contributed by atoms with Crippen LogP contribution in [0.25, 0.3) is 55.3 Å². The molecular weight excluding hydrogens is 723 g/mol. The summed E-state index contributed by atoms with van der Waals surface area (Å²) in [6.45, 7) is 0. The summed E-state index contributed by atoms with van der Waals surface area (Å²) in [4.78, 5) is 2.41. The molecule has 10 aromatic rings. The molecule has 0 unspecified atom stereocenters. The van der Waals surface area contributed by atoms with E-state index >= 15 is 0 Å². The Morgan fingerprint density at radius 2 is 0.733 bits per heavy atom. The SMILES string of the molecule is c1ccc(-c2ccc(N(c3ccc(-c4cccc(-c5cccc6ccccc56)c4)cc3)c3ccc4c(c3)C(c3ccccc3)(c3ccccc3)c3ccccc3-4)cc2)cc1. The Morgan fingerprint density at radius 3 is 1.43 bits per heavy atom. The Labute approximate surface area is 352 Å². The highest BCUT2D eigenvalue weighted by Gasteiger charge is 2.46. The lowest BCUT2D eigenvalue weighted by Crippen LogP contribution is -2.28. The molecule has 0 fully saturated rings. The van der Waals surface area contributed by atoms with E-state index in [-0.39, 0.29) is 0 Å². The van der Waals surface area contributed by atoms with Crippen LogP contribution in [0.1, 0.15) is 22.3 Å². The Hall–Kier alpha value is -7.74. The highest BCUT2D eigenvalue weighted by Crippen LogP contribution is 2.57. The highest BCUT2D eigenvalue weighted by molar-refractivity contribution is 5.97. The number of rotatable bonds is 8. The zero-order chi connectivity index (χ0) is 39.9. The van der Waals surface area contributed by atoms with Crippen molar-refractivity contribution in [2.24, 2.45) is 0 Å². The lowest BCUT2D eigenvalue weighted by atomic mass is 9.67. The van der Waals surface area contributed by atoms with Crippen molar-refractivity contribution in [3.05, 3.63) is 271 Å². The number of hydrogen-bond donors (Lipinski definition) is 0. The van der Waals surface area contributed by atoms with E-state index in [1.807, 2.05) is 0 Å². The van der Waals surface area contributed by atoms with Crippen molar-refractivity contribution in [2.45, 2.75) is 5.41 Å². The monoisotopic (exact) mass is 763 g/mol. The van der Waals surface area contributed by atoms with Crippen LogP contribution >= 0.6 is 0 Å². The van der Waals surface area contributed by atoms with E-state index in [0.717, 1.165) is 17.1 Å². The molecule has 0 heterocycles. The fourth-order valence-corrected chi connectivity index (χ4v) is 9.60. The summed E-state index contributed by atoms with van der Waals surface area (Å²) >= 11 is 0. The van der Waals surface area contributed by atoms with Gasteiger partial charge in [0.05, 0.1) is 5.41 Å². The number of fused-ring (bicyclic) bond motifs is 4. The average Bonchev–Trinajstić information content (AvgIpc) is 3.63.